The minimum Gasteiger partial charge on any atom is -0.384 e. The monoisotopic (exact) mass is 248 g/mol. The van der Waals surface area contributed by atoms with Gasteiger partial charge in [0.1, 0.15) is 0 Å². The maximum absolute atomic E-state index is 10.7. The summed E-state index contributed by atoms with van der Waals surface area (Å²) in [5.41, 5.74) is 0.217. The van der Waals surface area contributed by atoms with E-state index in [1.807, 2.05) is 37.3 Å². The third-order valence-corrected chi connectivity index (χ3v) is 3.86. The number of benzene rings is 1. The Balaban J connectivity index is 2.05. The zero-order valence-electron chi connectivity index (χ0n) is 11.4. The summed E-state index contributed by atoms with van der Waals surface area (Å²) in [6, 6.07) is 10.5. The maximum atomic E-state index is 10.7. The number of nitrogens with one attached hydrogen (secondary N) is 1. The lowest BCUT2D eigenvalue weighted by atomic mass is 9.94. The van der Waals surface area contributed by atoms with Gasteiger partial charge in [0.25, 0.3) is 0 Å². The third kappa shape index (κ3) is 3.10. The van der Waals surface area contributed by atoms with Gasteiger partial charge in [0.05, 0.1) is 5.60 Å². The molecule has 1 heterocycles. The zero-order chi connectivity index (χ0) is 13.0. The Kier molecular flexibility index (Phi) is 4.38. The highest BCUT2D eigenvalue weighted by Gasteiger charge is 2.30. The predicted octanol–water partition coefficient (Wildman–Crippen LogP) is 1.58. The van der Waals surface area contributed by atoms with Crippen molar-refractivity contribution in [3.8, 4) is 0 Å². The van der Waals surface area contributed by atoms with Crippen LogP contribution in [0.1, 0.15) is 25.8 Å². The minimum absolute atomic E-state index is 0.560. The molecule has 2 rings (SSSR count). The molecule has 1 fully saturated rings. The molecule has 0 saturated carbocycles. The lowest BCUT2D eigenvalue weighted by molar-refractivity contribution is 0.00614. The van der Waals surface area contributed by atoms with Crippen LogP contribution in [0, 0.1) is 0 Å². The van der Waals surface area contributed by atoms with E-state index in [1.165, 1.54) is 6.42 Å². The molecule has 0 radical (unpaired) electrons. The van der Waals surface area contributed by atoms with Crippen molar-refractivity contribution in [1.82, 2.24) is 10.2 Å². The average Bonchev–Trinajstić information content (AvgIpc) is 2.91. The van der Waals surface area contributed by atoms with Gasteiger partial charge in [0.15, 0.2) is 0 Å². The standard InChI is InChI=1S/C15H24N2O/c1-3-17(14-9-10-16-11-14)12-15(2,18)13-7-5-4-6-8-13/h4-8,14,16,18H,3,9-12H2,1-2H3. The molecule has 3 heteroatoms. The molecule has 100 valence electrons. The van der Waals surface area contributed by atoms with Crippen molar-refractivity contribution in [2.75, 3.05) is 26.2 Å². The van der Waals surface area contributed by atoms with Gasteiger partial charge in [0, 0.05) is 19.1 Å². The molecule has 3 nitrogen and oxygen atoms in total. The van der Waals surface area contributed by atoms with Gasteiger partial charge >= 0.3 is 0 Å². The maximum Gasteiger partial charge on any atom is 0.0994 e. The summed E-state index contributed by atoms with van der Waals surface area (Å²) in [6.45, 7) is 7.88. The van der Waals surface area contributed by atoms with Gasteiger partial charge in [-0.25, -0.2) is 0 Å². The number of rotatable bonds is 5. The van der Waals surface area contributed by atoms with E-state index in [1.54, 1.807) is 0 Å². The summed E-state index contributed by atoms with van der Waals surface area (Å²) < 4.78 is 0. The molecular formula is C15H24N2O. The van der Waals surface area contributed by atoms with Crippen LogP contribution < -0.4 is 5.32 Å². The number of hydrogen-bond donors (Lipinski definition) is 2. The van der Waals surface area contributed by atoms with Crippen molar-refractivity contribution in [2.24, 2.45) is 0 Å². The third-order valence-electron chi connectivity index (χ3n) is 3.86. The van der Waals surface area contributed by atoms with E-state index in [9.17, 15) is 5.11 Å². The Morgan fingerprint density at radius 3 is 2.67 bits per heavy atom. The van der Waals surface area contributed by atoms with E-state index in [2.05, 4.69) is 17.1 Å². The second kappa shape index (κ2) is 5.83. The SMILES string of the molecule is CCN(CC(C)(O)c1ccccc1)C1CCNC1. The minimum atomic E-state index is -0.778. The van der Waals surface area contributed by atoms with E-state index < -0.39 is 5.60 Å². The second-order valence-corrected chi connectivity index (χ2v) is 5.35. The fourth-order valence-electron chi connectivity index (χ4n) is 2.73. The highest BCUT2D eigenvalue weighted by molar-refractivity contribution is 5.21. The van der Waals surface area contributed by atoms with Gasteiger partial charge in [-0.3, -0.25) is 4.90 Å². The molecule has 1 aliphatic rings. The highest BCUT2D eigenvalue weighted by atomic mass is 16.3. The van der Waals surface area contributed by atoms with Crippen LogP contribution in [0.5, 0.6) is 0 Å². The van der Waals surface area contributed by atoms with Crippen LogP contribution in [-0.4, -0.2) is 42.2 Å². The summed E-state index contributed by atoms with van der Waals surface area (Å²) in [4.78, 5) is 2.38. The first-order valence-corrected chi connectivity index (χ1v) is 6.86. The molecule has 0 amide bonds. The first-order chi connectivity index (χ1) is 8.63. The number of aliphatic hydroxyl groups is 1. The van der Waals surface area contributed by atoms with Crippen molar-refractivity contribution in [3.63, 3.8) is 0 Å². The topological polar surface area (TPSA) is 35.5 Å². The van der Waals surface area contributed by atoms with Crippen LogP contribution in [0.2, 0.25) is 0 Å². The largest absolute Gasteiger partial charge is 0.384 e. The fraction of sp³-hybridized carbons (Fsp3) is 0.600. The summed E-state index contributed by atoms with van der Waals surface area (Å²) in [5.74, 6) is 0. The Morgan fingerprint density at radius 2 is 2.11 bits per heavy atom. The van der Waals surface area contributed by atoms with Crippen molar-refractivity contribution in [2.45, 2.75) is 31.9 Å². The zero-order valence-corrected chi connectivity index (χ0v) is 11.4. The summed E-state index contributed by atoms with van der Waals surface area (Å²) in [5, 5.41) is 14.1. The lowest BCUT2D eigenvalue weighted by Gasteiger charge is -2.34. The molecule has 2 unspecified atom stereocenters. The van der Waals surface area contributed by atoms with Crippen molar-refractivity contribution >= 4 is 0 Å². The first-order valence-electron chi connectivity index (χ1n) is 6.86. The Bertz CT molecular complexity index is 358. The van der Waals surface area contributed by atoms with E-state index in [-0.39, 0.29) is 0 Å². The second-order valence-electron chi connectivity index (χ2n) is 5.35. The summed E-state index contributed by atoms with van der Waals surface area (Å²) in [6.07, 6.45) is 1.18. The number of nitrogens with zero attached hydrogens (tertiary/aromatic N) is 1. The summed E-state index contributed by atoms with van der Waals surface area (Å²) >= 11 is 0. The molecule has 18 heavy (non-hydrogen) atoms. The van der Waals surface area contributed by atoms with Gasteiger partial charge in [-0.05, 0) is 32.0 Å². The van der Waals surface area contributed by atoms with E-state index in [0.717, 1.165) is 25.2 Å². The highest BCUT2D eigenvalue weighted by Crippen LogP contribution is 2.23. The molecule has 1 saturated heterocycles. The number of hydrogen-bond acceptors (Lipinski definition) is 3. The van der Waals surface area contributed by atoms with Crippen molar-refractivity contribution < 1.29 is 5.11 Å². The molecule has 1 aromatic rings. The van der Waals surface area contributed by atoms with Crippen LogP contribution in [-0.2, 0) is 5.60 Å². The van der Waals surface area contributed by atoms with Crippen molar-refractivity contribution in [1.29, 1.82) is 0 Å². The first kappa shape index (κ1) is 13.5. The molecule has 1 aromatic carbocycles. The van der Waals surface area contributed by atoms with Crippen molar-refractivity contribution in [3.05, 3.63) is 35.9 Å². The number of likely N-dealkylation sites (N-methyl/N-ethyl adjacent to an activating group) is 1. The van der Waals surface area contributed by atoms with E-state index in [0.29, 0.717) is 12.6 Å². The van der Waals surface area contributed by atoms with Gasteiger partial charge in [-0.2, -0.15) is 0 Å². The lowest BCUT2D eigenvalue weighted by Crippen LogP contribution is -2.45. The quantitative estimate of drug-likeness (QED) is 0.830. The van der Waals surface area contributed by atoms with Gasteiger partial charge in [-0.1, -0.05) is 37.3 Å². The molecular weight excluding hydrogens is 224 g/mol. The van der Waals surface area contributed by atoms with E-state index >= 15 is 0 Å². The van der Waals surface area contributed by atoms with Gasteiger partial charge in [-0.15, -0.1) is 0 Å². The van der Waals surface area contributed by atoms with Crippen LogP contribution in [0.3, 0.4) is 0 Å². The fourth-order valence-corrected chi connectivity index (χ4v) is 2.73. The normalized spacial score (nSPS) is 23.2. The average molecular weight is 248 g/mol. The Labute approximate surface area is 110 Å². The van der Waals surface area contributed by atoms with E-state index in [4.69, 9.17) is 0 Å². The Hall–Kier alpha value is -0.900. The summed E-state index contributed by atoms with van der Waals surface area (Å²) in [7, 11) is 0. The Morgan fingerprint density at radius 1 is 1.39 bits per heavy atom. The van der Waals surface area contributed by atoms with Gasteiger partial charge in [0.2, 0.25) is 0 Å². The smallest absolute Gasteiger partial charge is 0.0994 e. The molecule has 0 bridgehead atoms. The molecule has 2 atom stereocenters. The molecule has 2 N–H and O–H groups in total. The van der Waals surface area contributed by atoms with Crippen LogP contribution in [0.25, 0.3) is 0 Å². The van der Waals surface area contributed by atoms with Gasteiger partial charge < -0.3 is 10.4 Å². The molecule has 0 aliphatic carbocycles. The molecule has 0 aromatic heterocycles. The van der Waals surface area contributed by atoms with Crippen LogP contribution in [0.4, 0.5) is 0 Å². The van der Waals surface area contributed by atoms with Crippen LogP contribution in [0.15, 0.2) is 30.3 Å². The molecule has 1 aliphatic heterocycles. The predicted molar refractivity (Wildman–Crippen MR) is 74.5 cm³/mol. The van der Waals surface area contributed by atoms with Crippen LogP contribution >= 0.6 is 0 Å². The molecule has 0 spiro atoms.